The van der Waals surface area contributed by atoms with Crippen LogP contribution in [0, 0.1) is 22.7 Å². The molecule has 0 radical (unpaired) electrons. The number of anilines is 2. The molecule has 0 aliphatic rings. The molecule has 8 aromatic heterocycles. The van der Waals surface area contributed by atoms with Crippen LogP contribution >= 0.6 is 22.7 Å². The lowest BCUT2D eigenvalue weighted by atomic mass is 10.1. The number of amides is 2. The summed E-state index contributed by atoms with van der Waals surface area (Å²) in [6, 6.07) is 42.2. The molecule has 2 amide bonds. The quantitative estimate of drug-likeness (QED) is 0.0897. The number of hydrogen-bond donors (Lipinski definition) is 4. The van der Waals surface area contributed by atoms with E-state index in [4.69, 9.17) is 46.9 Å². The van der Waals surface area contributed by atoms with Crippen LogP contribution in [0.3, 0.4) is 0 Å². The highest BCUT2D eigenvalue weighted by molar-refractivity contribution is 7.14. The third kappa shape index (κ3) is 8.58. The van der Waals surface area contributed by atoms with E-state index in [0.717, 1.165) is 56.4 Å². The van der Waals surface area contributed by atoms with Crippen molar-refractivity contribution in [3.63, 3.8) is 0 Å². The number of carbonyl (C=O) groups is 2. The van der Waals surface area contributed by atoms with Gasteiger partial charge in [0.25, 0.3) is 11.8 Å². The molecule has 0 atom stereocenters. The van der Waals surface area contributed by atoms with E-state index >= 15 is 0 Å². The Hall–Kier alpha value is -10.0. The number of nitrogens with one attached hydrogen (secondary N) is 2. The number of hydrogen-bond acceptors (Lipinski definition) is 16. The minimum Gasteiger partial charge on any atom is -0.383 e. The summed E-state index contributed by atoms with van der Waals surface area (Å²) in [5.41, 5.74) is 23.2. The number of nitrogens with two attached hydrogens (primary N) is 2. The summed E-state index contributed by atoms with van der Waals surface area (Å²) >= 11 is 2.15. The monoisotopic (exact) mass is 978 g/mol. The van der Waals surface area contributed by atoms with Gasteiger partial charge in [0, 0.05) is 53.4 Å². The van der Waals surface area contributed by atoms with E-state index < -0.39 is 0 Å². The lowest BCUT2D eigenvalue weighted by Crippen LogP contribution is -2.23. The van der Waals surface area contributed by atoms with Crippen molar-refractivity contribution < 1.29 is 9.59 Å². The van der Waals surface area contributed by atoms with E-state index in [1.165, 1.54) is 6.20 Å². The van der Waals surface area contributed by atoms with Gasteiger partial charge >= 0.3 is 0 Å². The van der Waals surface area contributed by atoms with Gasteiger partial charge in [0.15, 0.2) is 33.0 Å². The Kier molecular flexibility index (Phi) is 11.6. The summed E-state index contributed by atoms with van der Waals surface area (Å²) in [4.78, 5) is 63.2. The molecule has 72 heavy (non-hydrogen) atoms. The van der Waals surface area contributed by atoms with E-state index in [1.54, 1.807) is 23.8 Å². The summed E-state index contributed by atoms with van der Waals surface area (Å²) in [6.45, 7) is 0.493. The molecule has 0 spiro atoms. The largest absolute Gasteiger partial charge is 0.383 e. The lowest BCUT2D eigenvalue weighted by molar-refractivity contribution is 0.0941. The molecule has 11 aromatic rings. The predicted octanol–water partition coefficient (Wildman–Crippen LogP) is 8.29. The maximum atomic E-state index is 12.8. The standard InChI is InChI=1S/C52H34N16O2S2/c53-22-43-58-27-42(72-43)52(70)61-25-30-10-14-34(15-11-30)68-48(65-39-19-18-37(64-50(39)68)31-5-2-1-3-6-31)36-16-17-38(63-46(36)56)32-21-40-49(59-26-32)67(47(66-40)35-7-4-20-57-45(35)55)33-12-8-29(9-13-33)24-60-51(69)41-28-71-44(23-54)62-41/h1-21,26-28H,24-25H2,(H2,55,57)(H2,56,63)(H,60,69)(H,61,70). The maximum Gasteiger partial charge on any atom is 0.271 e. The number of nitriles is 2. The highest BCUT2D eigenvalue weighted by Crippen LogP contribution is 2.36. The van der Waals surface area contributed by atoms with Crippen LogP contribution in [0.5, 0.6) is 0 Å². The number of pyridine rings is 4. The van der Waals surface area contributed by atoms with Gasteiger partial charge < -0.3 is 22.1 Å². The van der Waals surface area contributed by atoms with Gasteiger partial charge in [-0.25, -0.2) is 39.9 Å². The highest BCUT2D eigenvalue weighted by Gasteiger charge is 2.23. The van der Waals surface area contributed by atoms with Crippen LogP contribution in [0.4, 0.5) is 11.6 Å². The van der Waals surface area contributed by atoms with Gasteiger partial charge in [-0.2, -0.15) is 10.5 Å². The summed E-state index contributed by atoms with van der Waals surface area (Å²) in [5.74, 6) is 0.866. The lowest BCUT2D eigenvalue weighted by Gasteiger charge is -2.13. The first-order valence-electron chi connectivity index (χ1n) is 22.0. The fourth-order valence-corrected chi connectivity index (χ4v) is 9.26. The normalized spacial score (nSPS) is 11.1. The zero-order valence-electron chi connectivity index (χ0n) is 37.4. The minimum absolute atomic E-state index is 0.193. The summed E-state index contributed by atoms with van der Waals surface area (Å²) in [5, 5.41) is 26.0. The SMILES string of the molecule is N#Cc1nc(C(=O)NCc2ccc(-n3c(-c4cccnc4N)nc4cc(-c5ccc(-c6nc7ccc(-c8ccccc8)nc7n6-c6ccc(CNC(=O)c7cnc(C#N)s7)cc6)c(N)n5)cnc43)cc2)cs1. The van der Waals surface area contributed by atoms with Crippen molar-refractivity contribution in [3.05, 3.63) is 177 Å². The van der Waals surface area contributed by atoms with E-state index in [2.05, 4.69) is 25.6 Å². The summed E-state index contributed by atoms with van der Waals surface area (Å²) in [6.07, 6.45) is 4.73. The zero-order valence-corrected chi connectivity index (χ0v) is 39.1. The van der Waals surface area contributed by atoms with Gasteiger partial charge in [-0.3, -0.25) is 18.7 Å². The van der Waals surface area contributed by atoms with Crippen molar-refractivity contribution in [1.82, 2.24) is 59.6 Å². The molecule has 346 valence electrons. The molecule has 11 rings (SSSR count). The molecule has 8 heterocycles. The molecule has 20 heteroatoms. The first-order valence-corrected chi connectivity index (χ1v) is 23.7. The molecular formula is C52H34N16O2S2. The van der Waals surface area contributed by atoms with Gasteiger partial charge in [-0.15, -0.1) is 11.3 Å². The Bertz CT molecular complexity index is 3980. The molecule has 0 fully saturated rings. The number of nitrogens with zero attached hydrogens (tertiary/aromatic N) is 12. The van der Waals surface area contributed by atoms with Crippen LogP contribution in [0.15, 0.2) is 145 Å². The van der Waals surface area contributed by atoms with Gasteiger partial charge in [-0.05, 0) is 77.9 Å². The maximum absolute atomic E-state index is 12.8. The number of aromatic nitrogens is 10. The highest BCUT2D eigenvalue weighted by atomic mass is 32.1. The minimum atomic E-state index is -0.373. The molecule has 0 aliphatic carbocycles. The van der Waals surface area contributed by atoms with Crippen molar-refractivity contribution in [2.45, 2.75) is 13.1 Å². The molecular weight excluding hydrogens is 945 g/mol. The molecule has 0 aliphatic heterocycles. The number of rotatable bonds is 12. The Balaban J connectivity index is 0.918. The third-order valence-electron chi connectivity index (χ3n) is 11.6. The van der Waals surface area contributed by atoms with Crippen LogP contribution in [0.25, 0.3) is 79.0 Å². The van der Waals surface area contributed by atoms with E-state index in [9.17, 15) is 9.59 Å². The number of fused-ring (bicyclic) bond motifs is 2. The van der Waals surface area contributed by atoms with E-state index in [1.807, 2.05) is 137 Å². The zero-order chi connectivity index (χ0) is 49.3. The summed E-state index contributed by atoms with van der Waals surface area (Å²) in [7, 11) is 0. The first-order chi connectivity index (χ1) is 35.2. The second kappa shape index (κ2) is 18.8. The molecule has 0 unspecified atom stereocenters. The Morgan fingerprint density at radius 1 is 0.583 bits per heavy atom. The van der Waals surface area contributed by atoms with Crippen molar-refractivity contribution in [2.24, 2.45) is 0 Å². The third-order valence-corrected chi connectivity index (χ3v) is 13.2. The van der Waals surface area contributed by atoms with Gasteiger partial charge in [-0.1, -0.05) is 65.9 Å². The van der Waals surface area contributed by atoms with Crippen molar-refractivity contribution in [3.8, 4) is 68.8 Å². The summed E-state index contributed by atoms with van der Waals surface area (Å²) < 4.78 is 3.85. The van der Waals surface area contributed by atoms with Crippen LogP contribution in [-0.4, -0.2) is 60.8 Å². The average molecular weight is 979 g/mol. The number of carbonyl (C=O) groups excluding carboxylic acids is 2. The molecule has 6 N–H and O–H groups in total. The topological polar surface area (TPSA) is 271 Å². The second-order valence-electron chi connectivity index (χ2n) is 16.1. The fourth-order valence-electron chi connectivity index (χ4n) is 8.04. The van der Waals surface area contributed by atoms with Crippen LogP contribution in [0.1, 0.15) is 41.3 Å². The predicted molar refractivity (Wildman–Crippen MR) is 273 cm³/mol. The first kappa shape index (κ1) is 44.5. The number of benzene rings is 3. The Morgan fingerprint density at radius 2 is 1.24 bits per heavy atom. The van der Waals surface area contributed by atoms with Crippen molar-refractivity contribution >= 4 is 68.5 Å². The molecule has 0 saturated heterocycles. The van der Waals surface area contributed by atoms with Crippen LogP contribution in [0.2, 0.25) is 0 Å². The van der Waals surface area contributed by atoms with Gasteiger partial charge in [0.1, 0.15) is 45.4 Å². The second-order valence-corrected chi connectivity index (χ2v) is 18.0. The molecule has 0 saturated carbocycles. The number of nitrogen functional groups attached to an aromatic ring is 2. The Labute approximate surface area is 416 Å². The van der Waals surface area contributed by atoms with Crippen LogP contribution < -0.4 is 22.1 Å². The van der Waals surface area contributed by atoms with E-state index in [0.29, 0.717) is 67.1 Å². The average Bonchev–Trinajstić information content (AvgIpc) is 4.25. The molecule has 0 bridgehead atoms. The van der Waals surface area contributed by atoms with E-state index in [-0.39, 0.29) is 46.4 Å². The van der Waals surface area contributed by atoms with Crippen molar-refractivity contribution in [1.29, 1.82) is 10.5 Å². The molecule has 18 nitrogen and oxygen atoms in total. The smallest absolute Gasteiger partial charge is 0.271 e. The number of imidazole rings is 2. The molecule has 3 aromatic carbocycles. The van der Waals surface area contributed by atoms with Gasteiger partial charge in [0.2, 0.25) is 0 Å². The van der Waals surface area contributed by atoms with Crippen molar-refractivity contribution in [2.75, 3.05) is 11.5 Å². The number of thiazole rings is 2. The van der Waals surface area contributed by atoms with Gasteiger partial charge in [0.05, 0.1) is 28.7 Å². The Morgan fingerprint density at radius 3 is 1.90 bits per heavy atom. The van der Waals surface area contributed by atoms with Crippen LogP contribution in [-0.2, 0) is 13.1 Å². The fraction of sp³-hybridized carbons (Fsp3) is 0.0385.